The van der Waals surface area contributed by atoms with Gasteiger partial charge in [-0.05, 0) is 45.9 Å². The van der Waals surface area contributed by atoms with Crippen molar-refractivity contribution in [2.24, 2.45) is 5.73 Å². The van der Waals surface area contributed by atoms with Crippen LogP contribution in [0, 0.1) is 0 Å². The highest BCUT2D eigenvalue weighted by Crippen LogP contribution is 2.39. The molecule has 0 spiro atoms. The molecule has 0 atom stereocenters. The Kier molecular flexibility index (Phi) is 11.0. The number of benzene rings is 1. The Morgan fingerprint density at radius 2 is 1.57 bits per heavy atom. The summed E-state index contributed by atoms with van der Waals surface area (Å²) in [4.78, 5) is 12.2. The van der Waals surface area contributed by atoms with Crippen LogP contribution in [0.15, 0.2) is 12.1 Å². The van der Waals surface area contributed by atoms with Crippen LogP contribution in [0.25, 0.3) is 0 Å². The van der Waals surface area contributed by atoms with Crippen molar-refractivity contribution in [2.75, 3.05) is 32.9 Å². The Bertz CT molecular complexity index is 456. The summed E-state index contributed by atoms with van der Waals surface area (Å²) in [6.45, 7) is 8.16. The lowest BCUT2D eigenvalue weighted by Gasteiger charge is -2.17. The van der Waals surface area contributed by atoms with Gasteiger partial charge in [0.05, 0.1) is 19.8 Å². The van der Waals surface area contributed by atoms with Gasteiger partial charge < -0.3 is 25.3 Å². The van der Waals surface area contributed by atoms with E-state index in [-0.39, 0.29) is 18.3 Å². The molecule has 132 valence electrons. The van der Waals surface area contributed by atoms with Crippen LogP contribution < -0.4 is 25.3 Å². The second kappa shape index (κ2) is 11.8. The molecule has 1 rings (SSSR count). The Balaban J connectivity index is 0.00000484. The van der Waals surface area contributed by atoms with E-state index in [1.807, 2.05) is 20.8 Å². The zero-order valence-electron chi connectivity index (χ0n) is 14.0. The third kappa shape index (κ3) is 6.54. The molecule has 0 aliphatic rings. The Morgan fingerprint density at radius 3 is 2.00 bits per heavy atom. The molecular weight excluding hydrogens is 320 g/mol. The van der Waals surface area contributed by atoms with Crippen LogP contribution in [0.3, 0.4) is 0 Å². The molecule has 0 aromatic heterocycles. The van der Waals surface area contributed by atoms with Crippen molar-refractivity contribution in [1.29, 1.82) is 0 Å². The van der Waals surface area contributed by atoms with Gasteiger partial charge in [0.1, 0.15) is 0 Å². The van der Waals surface area contributed by atoms with E-state index in [9.17, 15) is 4.79 Å². The molecule has 0 fully saturated rings. The molecule has 0 bridgehead atoms. The van der Waals surface area contributed by atoms with Crippen LogP contribution in [-0.4, -0.2) is 38.8 Å². The van der Waals surface area contributed by atoms with E-state index in [0.29, 0.717) is 55.7 Å². The SMILES string of the molecule is CCOc1cc(C(=O)NCCCN)cc(OCC)c1OCC.Cl. The molecule has 0 aliphatic heterocycles. The van der Waals surface area contributed by atoms with Gasteiger partial charge in [-0.1, -0.05) is 0 Å². The number of hydrogen-bond donors (Lipinski definition) is 2. The van der Waals surface area contributed by atoms with Crippen LogP contribution in [0.1, 0.15) is 37.6 Å². The third-order valence-electron chi connectivity index (χ3n) is 2.84. The molecular formula is C16H27ClN2O4. The number of carbonyl (C=O) groups excluding carboxylic acids is 1. The van der Waals surface area contributed by atoms with E-state index < -0.39 is 0 Å². The van der Waals surface area contributed by atoms with Crippen LogP contribution in [0.2, 0.25) is 0 Å². The number of amides is 1. The predicted molar refractivity (Wildman–Crippen MR) is 93.2 cm³/mol. The molecule has 6 nitrogen and oxygen atoms in total. The van der Waals surface area contributed by atoms with Gasteiger partial charge in [-0.3, -0.25) is 4.79 Å². The van der Waals surface area contributed by atoms with Crippen molar-refractivity contribution in [3.63, 3.8) is 0 Å². The van der Waals surface area contributed by atoms with Gasteiger partial charge in [-0.15, -0.1) is 12.4 Å². The highest BCUT2D eigenvalue weighted by molar-refractivity contribution is 5.95. The Labute approximate surface area is 144 Å². The Hall–Kier alpha value is -1.66. The first-order valence-corrected chi connectivity index (χ1v) is 7.72. The summed E-state index contributed by atoms with van der Waals surface area (Å²) in [5, 5.41) is 2.82. The van der Waals surface area contributed by atoms with Crippen molar-refractivity contribution >= 4 is 18.3 Å². The molecule has 0 saturated heterocycles. The van der Waals surface area contributed by atoms with Crippen molar-refractivity contribution in [3.05, 3.63) is 17.7 Å². The molecule has 23 heavy (non-hydrogen) atoms. The monoisotopic (exact) mass is 346 g/mol. The summed E-state index contributed by atoms with van der Waals surface area (Å²) in [6.07, 6.45) is 0.736. The minimum Gasteiger partial charge on any atom is -0.490 e. The zero-order chi connectivity index (χ0) is 16.4. The van der Waals surface area contributed by atoms with Gasteiger partial charge in [-0.25, -0.2) is 0 Å². The van der Waals surface area contributed by atoms with Crippen molar-refractivity contribution in [1.82, 2.24) is 5.32 Å². The van der Waals surface area contributed by atoms with Crippen molar-refractivity contribution in [2.45, 2.75) is 27.2 Å². The fourth-order valence-electron chi connectivity index (χ4n) is 1.93. The molecule has 0 heterocycles. The van der Waals surface area contributed by atoms with Crippen LogP contribution in [0.4, 0.5) is 0 Å². The lowest BCUT2D eigenvalue weighted by atomic mass is 10.1. The van der Waals surface area contributed by atoms with Crippen LogP contribution >= 0.6 is 12.4 Å². The summed E-state index contributed by atoms with van der Waals surface area (Å²) >= 11 is 0. The molecule has 0 radical (unpaired) electrons. The van der Waals surface area contributed by atoms with Crippen molar-refractivity contribution in [3.8, 4) is 17.2 Å². The number of nitrogens with two attached hydrogens (primary N) is 1. The summed E-state index contributed by atoms with van der Waals surface area (Å²) < 4.78 is 16.8. The molecule has 7 heteroatoms. The minimum atomic E-state index is -0.182. The van der Waals surface area contributed by atoms with Gasteiger partial charge in [0.25, 0.3) is 5.91 Å². The van der Waals surface area contributed by atoms with Crippen molar-refractivity contribution < 1.29 is 19.0 Å². The predicted octanol–water partition coefficient (Wildman–Crippen LogP) is 2.38. The highest BCUT2D eigenvalue weighted by atomic mass is 35.5. The molecule has 3 N–H and O–H groups in total. The first-order chi connectivity index (χ1) is 10.7. The maximum atomic E-state index is 12.2. The van der Waals surface area contributed by atoms with E-state index in [4.69, 9.17) is 19.9 Å². The number of rotatable bonds is 10. The smallest absolute Gasteiger partial charge is 0.251 e. The van der Waals surface area contributed by atoms with Gasteiger partial charge in [0.2, 0.25) is 5.75 Å². The standard InChI is InChI=1S/C16H26N2O4.ClH/c1-4-20-13-10-12(16(19)18-9-7-8-17)11-14(21-5-2)15(13)22-6-3;/h10-11H,4-9,17H2,1-3H3,(H,18,19);1H. The van der Waals surface area contributed by atoms with Crippen LogP contribution in [-0.2, 0) is 0 Å². The lowest BCUT2D eigenvalue weighted by Crippen LogP contribution is -2.26. The van der Waals surface area contributed by atoms with E-state index in [1.54, 1.807) is 12.1 Å². The molecule has 1 amide bonds. The normalized spacial score (nSPS) is 9.74. The number of halogens is 1. The third-order valence-corrected chi connectivity index (χ3v) is 2.84. The molecule has 1 aromatic carbocycles. The topological polar surface area (TPSA) is 82.8 Å². The van der Waals surface area contributed by atoms with Gasteiger partial charge in [-0.2, -0.15) is 0 Å². The van der Waals surface area contributed by atoms with Gasteiger partial charge in [0, 0.05) is 12.1 Å². The summed E-state index contributed by atoms with van der Waals surface area (Å²) in [5.41, 5.74) is 5.91. The van der Waals surface area contributed by atoms with Gasteiger partial charge >= 0.3 is 0 Å². The summed E-state index contributed by atoms with van der Waals surface area (Å²) in [6, 6.07) is 3.35. The minimum absolute atomic E-state index is 0. The molecule has 1 aromatic rings. The average molecular weight is 347 g/mol. The first kappa shape index (κ1) is 21.3. The quantitative estimate of drug-likeness (QED) is 0.635. The maximum absolute atomic E-state index is 12.2. The highest BCUT2D eigenvalue weighted by Gasteiger charge is 2.18. The molecule has 0 unspecified atom stereocenters. The summed E-state index contributed by atoms with van der Waals surface area (Å²) in [5.74, 6) is 1.38. The van der Waals surface area contributed by atoms with Gasteiger partial charge in [0.15, 0.2) is 11.5 Å². The number of nitrogens with one attached hydrogen (secondary N) is 1. The largest absolute Gasteiger partial charge is 0.490 e. The van der Waals surface area contributed by atoms with E-state index in [1.165, 1.54) is 0 Å². The number of ether oxygens (including phenoxy) is 3. The molecule has 0 aliphatic carbocycles. The fourth-order valence-corrected chi connectivity index (χ4v) is 1.93. The lowest BCUT2D eigenvalue weighted by molar-refractivity contribution is 0.0952. The Morgan fingerprint density at radius 1 is 1.04 bits per heavy atom. The second-order valence-electron chi connectivity index (χ2n) is 4.50. The van der Waals surface area contributed by atoms with E-state index in [0.717, 1.165) is 6.42 Å². The number of carbonyl (C=O) groups is 1. The maximum Gasteiger partial charge on any atom is 0.251 e. The number of hydrogen-bond acceptors (Lipinski definition) is 5. The zero-order valence-corrected chi connectivity index (χ0v) is 14.8. The summed E-state index contributed by atoms with van der Waals surface area (Å²) in [7, 11) is 0. The van der Waals surface area contributed by atoms with E-state index in [2.05, 4.69) is 5.32 Å². The van der Waals surface area contributed by atoms with E-state index >= 15 is 0 Å². The molecule has 0 saturated carbocycles. The van der Waals surface area contributed by atoms with Crippen LogP contribution in [0.5, 0.6) is 17.2 Å². The first-order valence-electron chi connectivity index (χ1n) is 7.72. The fraction of sp³-hybridized carbons (Fsp3) is 0.562. The second-order valence-corrected chi connectivity index (χ2v) is 4.50. The average Bonchev–Trinajstić information content (AvgIpc) is 2.50.